The van der Waals surface area contributed by atoms with Gasteiger partial charge in [-0.05, 0) is 31.6 Å². The van der Waals surface area contributed by atoms with Crippen LogP contribution in [0.5, 0.6) is 0 Å². The summed E-state index contributed by atoms with van der Waals surface area (Å²) in [6, 6.07) is 8.06. The zero-order valence-corrected chi connectivity index (χ0v) is 11.9. The molecular formula is C13H18BrNO2. The minimum atomic E-state index is -0.753. The van der Waals surface area contributed by atoms with E-state index in [2.05, 4.69) is 20.8 Å². The molecule has 0 saturated heterocycles. The Labute approximate surface area is 111 Å². The van der Waals surface area contributed by atoms with E-state index in [9.17, 15) is 4.79 Å². The summed E-state index contributed by atoms with van der Waals surface area (Å²) in [4.78, 5) is 12.9. The lowest BCUT2D eigenvalue weighted by molar-refractivity contribution is -0.138. The molecule has 0 amide bonds. The van der Waals surface area contributed by atoms with Crippen LogP contribution in [0.25, 0.3) is 0 Å². The van der Waals surface area contributed by atoms with E-state index in [1.54, 1.807) is 0 Å². The Morgan fingerprint density at radius 3 is 2.47 bits per heavy atom. The predicted molar refractivity (Wildman–Crippen MR) is 72.0 cm³/mol. The van der Waals surface area contributed by atoms with E-state index in [1.807, 2.05) is 45.3 Å². The van der Waals surface area contributed by atoms with Crippen LogP contribution in [0.1, 0.15) is 24.9 Å². The van der Waals surface area contributed by atoms with Crippen LogP contribution in [-0.4, -0.2) is 30.1 Å². The van der Waals surface area contributed by atoms with Gasteiger partial charge < -0.3 is 10.0 Å². The van der Waals surface area contributed by atoms with Crippen molar-refractivity contribution in [2.45, 2.75) is 19.4 Å². The molecule has 1 rings (SSSR count). The molecule has 2 unspecified atom stereocenters. The Morgan fingerprint density at radius 2 is 2.00 bits per heavy atom. The first-order valence-corrected chi connectivity index (χ1v) is 6.35. The zero-order valence-electron chi connectivity index (χ0n) is 10.4. The van der Waals surface area contributed by atoms with E-state index in [1.165, 1.54) is 0 Å². The number of benzene rings is 1. The van der Waals surface area contributed by atoms with Gasteiger partial charge in [-0.15, -0.1) is 0 Å². The van der Waals surface area contributed by atoms with Crippen molar-refractivity contribution in [1.82, 2.24) is 4.90 Å². The van der Waals surface area contributed by atoms with Crippen molar-refractivity contribution in [2.75, 3.05) is 14.1 Å². The Morgan fingerprint density at radius 1 is 1.41 bits per heavy atom. The van der Waals surface area contributed by atoms with Crippen molar-refractivity contribution in [1.29, 1.82) is 0 Å². The minimum absolute atomic E-state index is 0.0567. The number of hydrogen-bond donors (Lipinski definition) is 1. The fourth-order valence-corrected chi connectivity index (χ4v) is 2.72. The van der Waals surface area contributed by atoms with Crippen LogP contribution in [0, 0.1) is 5.92 Å². The molecule has 0 aliphatic rings. The lowest BCUT2D eigenvalue weighted by Gasteiger charge is -2.30. The monoisotopic (exact) mass is 299 g/mol. The maximum atomic E-state index is 10.8. The summed E-state index contributed by atoms with van der Waals surface area (Å²) in [5.74, 6) is -0.697. The molecule has 1 N–H and O–H groups in total. The summed E-state index contributed by atoms with van der Waals surface area (Å²) < 4.78 is 1.02. The molecule has 0 heterocycles. The van der Waals surface area contributed by atoms with Crippen molar-refractivity contribution in [2.24, 2.45) is 5.92 Å². The molecule has 4 heteroatoms. The molecule has 0 fully saturated rings. The third-order valence-electron chi connectivity index (χ3n) is 2.82. The van der Waals surface area contributed by atoms with Gasteiger partial charge in [-0.25, -0.2) is 0 Å². The van der Waals surface area contributed by atoms with E-state index in [0.29, 0.717) is 0 Å². The molecular weight excluding hydrogens is 282 g/mol. The first-order valence-electron chi connectivity index (χ1n) is 5.56. The molecule has 94 valence electrons. The number of nitrogens with zero attached hydrogens (tertiary/aromatic N) is 1. The maximum absolute atomic E-state index is 10.8. The van der Waals surface area contributed by atoms with Crippen LogP contribution in [0.2, 0.25) is 0 Å². The number of carbonyl (C=O) groups is 1. The summed E-state index contributed by atoms with van der Waals surface area (Å²) in [6.45, 7) is 1.97. The molecule has 0 aliphatic heterocycles. The van der Waals surface area contributed by atoms with Gasteiger partial charge in [-0.3, -0.25) is 4.79 Å². The van der Waals surface area contributed by atoms with Crippen LogP contribution in [0.3, 0.4) is 0 Å². The van der Waals surface area contributed by atoms with Crippen LogP contribution in [-0.2, 0) is 4.79 Å². The average Bonchev–Trinajstić information content (AvgIpc) is 2.19. The van der Waals surface area contributed by atoms with Crippen LogP contribution in [0.15, 0.2) is 28.7 Å². The standard InChI is InChI=1S/C13H18BrNO2/c1-9(8-12(16)17)13(15(2)3)10-6-4-5-7-11(10)14/h4-7,9,13H,8H2,1-3H3,(H,16,17). The Hall–Kier alpha value is -0.870. The molecule has 0 spiro atoms. The second-order valence-electron chi connectivity index (χ2n) is 4.51. The first-order chi connectivity index (χ1) is 7.93. The third kappa shape index (κ3) is 3.82. The molecule has 17 heavy (non-hydrogen) atoms. The SMILES string of the molecule is CC(CC(=O)O)C(c1ccccc1Br)N(C)C. The summed E-state index contributed by atoms with van der Waals surface area (Å²) in [5, 5.41) is 8.90. The summed E-state index contributed by atoms with van der Waals surface area (Å²) >= 11 is 3.53. The van der Waals surface area contributed by atoms with Gasteiger partial charge in [0.2, 0.25) is 0 Å². The van der Waals surface area contributed by atoms with Gasteiger partial charge in [0.15, 0.2) is 0 Å². The number of halogens is 1. The van der Waals surface area contributed by atoms with E-state index in [0.717, 1.165) is 10.0 Å². The molecule has 3 nitrogen and oxygen atoms in total. The second kappa shape index (κ2) is 6.17. The smallest absolute Gasteiger partial charge is 0.303 e. The van der Waals surface area contributed by atoms with Gasteiger partial charge >= 0.3 is 5.97 Å². The highest BCUT2D eigenvalue weighted by Gasteiger charge is 2.24. The number of aliphatic carboxylic acids is 1. The van der Waals surface area contributed by atoms with Crippen molar-refractivity contribution >= 4 is 21.9 Å². The molecule has 1 aromatic rings. The molecule has 0 saturated carbocycles. The van der Waals surface area contributed by atoms with Crippen LogP contribution < -0.4 is 0 Å². The van der Waals surface area contributed by atoms with E-state index >= 15 is 0 Å². The quantitative estimate of drug-likeness (QED) is 0.908. The predicted octanol–water partition coefficient (Wildman–Crippen LogP) is 3.16. The zero-order chi connectivity index (χ0) is 13.0. The molecule has 0 aromatic heterocycles. The second-order valence-corrected chi connectivity index (χ2v) is 5.36. The average molecular weight is 300 g/mol. The normalized spacial score (nSPS) is 14.6. The van der Waals surface area contributed by atoms with Gasteiger partial charge in [-0.1, -0.05) is 41.1 Å². The van der Waals surface area contributed by atoms with Crippen LogP contribution >= 0.6 is 15.9 Å². The van der Waals surface area contributed by atoms with Crippen molar-refractivity contribution in [3.8, 4) is 0 Å². The maximum Gasteiger partial charge on any atom is 0.303 e. The molecule has 2 atom stereocenters. The molecule has 0 aliphatic carbocycles. The topological polar surface area (TPSA) is 40.5 Å². The highest BCUT2D eigenvalue weighted by atomic mass is 79.9. The summed E-state index contributed by atoms with van der Waals surface area (Å²) in [6.07, 6.45) is 0.171. The van der Waals surface area contributed by atoms with Gasteiger partial charge in [0.05, 0.1) is 0 Å². The molecule has 0 bridgehead atoms. The van der Waals surface area contributed by atoms with Gasteiger partial charge in [0.1, 0.15) is 0 Å². The Bertz CT molecular complexity index is 393. The summed E-state index contributed by atoms with van der Waals surface area (Å²) in [7, 11) is 3.95. The van der Waals surface area contributed by atoms with Crippen molar-refractivity contribution in [3.63, 3.8) is 0 Å². The lowest BCUT2D eigenvalue weighted by atomic mass is 9.91. The van der Waals surface area contributed by atoms with Crippen molar-refractivity contribution in [3.05, 3.63) is 34.3 Å². The number of carboxylic acids is 1. The van der Waals surface area contributed by atoms with E-state index in [-0.39, 0.29) is 18.4 Å². The van der Waals surface area contributed by atoms with E-state index < -0.39 is 5.97 Å². The Kier molecular flexibility index (Phi) is 5.15. The highest BCUT2D eigenvalue weighted by Crippen LogP contribution is 2.33. The van der Waals surface area contributed by atoms with E-state index in [4.69, 9.17) is 5.11 Å². The number of hydrogen-bond acceptors (Lipinski definition) is 2. The Balaban J connectivity index is 3.01. The van der Waals surface area contributed by atoms with Gasteiger partial charge in [-0.2, -0.15) is 0 Å². The fraction of sp³-hybridized carbons (Fsp3) is 0.462. The van der Waals surface area contributed by atoms with Gasteiger partial charge in [0.25, 0.3) is 0 Å². The number of rotatable bonds is 5. The summed E-state index contributed by atoms with van der Waals surface area (Å²) in [5.41, 5.74) is 1.13. The van der Waals surface area contributed by atoms with Gasteiger partial charge in [0, 0.05) is 16.9 Å². The van der Waals surface area contributed by atoms with Crippen molar-refractivity contribution < 1.29 is 9.90 Å². The third-order valence-corrected chi connectivity index (χ3v) is 3.54. The fourth-order valence-electron chi connectivity index (χ4n) is 2.20. The lowest BCUT2D eigenvalue weighted by Crippen LogP contribution is -2.27. The van der Waals surface area contributed by atoms with Crippen LogP contribution in [0.4, 0.5) is 0 Å². The first kappa shape index (κ1) is 14.2. The number of carboxylic acid groups (broad SMARTS) is 1. The largest absolute Gasteiger partial charge is 0.481 e. The minimum Gasteiger partial charge on any atom is -0.481 e. The molecule has 0 radical (unpaired) electrons. The highest BCUT2D eigenvalue weighted by molar-refractivity contribution is 9.10. The molecule has 1 aromatic carbocycles.